The highest BCUT2D eigenvalue weighted by Gasteiger charge is 2.39. The molecule has 2 aromatic rings. The zero-order chi connectivity index (χ0) is 17.3. The summed E-state index contributed by atoms with van der Waals surface area (Å²) in [6, 6.07) is 13.0. The van der Waals surface area contributed by atoms with Crippen molar-refractivity contribution in [3.8, 4) is 0 Å². The van der Waals surface area contributed by atoms with Gasteiger partial charge in [0.2, 0.25) is 10.0 Å². The molecular formula is C17H18N2O4S. The molecule has 0 bridgehead atoms. The van der Waals surface area contributed by atoms with Crippen molar-refractivity contribution in [2.75, 3.05) is 6.54 Å². The number of nitro groups is 1. The van der Waals surface area contributed by atoms with E-state index in [1.54, 1.807) is 0 Å². The lowest BCUT2D eigenvalue weighted by molar-refractivity contribution is -0.387. The minimum absolute atomic E-state index is 0.241. The summed E-state index contributed by atoms with van der Waals surface area (Å²) >= 11 is 0. The van der Waals surface area contributed by atoms with Gasteiger partial charge >= 0.3 is 0 Å². The van der Waals surface area contributed by atoms with Gasteiger partial charge in [0.1, 0.15) is 0 Å². The number of benzene rings is 2. The van der Waals surface area contributed by atoms with E-state index >= 15 is 0 Å². The summed E-state index contributed by atoms with van der Waals surface area (Å²) in [6.45, 7) is 2.33. The number of hydrogen-bond donors (Lipinski definition) is 0. The summed E-state index contributed by atoms with van der Waals surface area (Å²) in [6.07, 6.45) is 1.45. The van der Waals surface area contributed by atoms with Crippen molar-refractivity contribution >= 4 is 15.7 Å². The molecule has 1 atom stereocenters. The minimum Gasteiger partial charge on any atom is -0.258 e. The van der Waals surface area contributed by atoms with E-state index in [0.29, 0.717) is 13.0 Å². The number of para-hydroxylation sites is 1. The molecule has 24 heavy (non-hydrogen) atoms. The van der Waals surface area contributed by atoms with Gasteiger partial charge in [0, 0.05) is 12.6 Å². The van der Waals surface area contributed by atoms with Gasteiger partial charge in [-0.3, -0.25) is 10.1 Å². The second kappa shape index (κ2) is 6.33. The first-order valence-electron chi connectivity index (χ1n) is 7.73. The Balaban J connectivity index is 2.05. The fourth-order valence-corrected chi connectivity index (χ4v) is 5.03. The largest absolute Gasteiger partial charge is 0.289 e. The molecule has 3 rings (SSSR count). The van der Waals surface area contributed by atoms with Gasteiger partial charge in [0.15, 0.2) is 4.90 Å². The Morgan fingerprint density at radius 2 is 1.92 bits per heavy atom. The molecule has 0 N–H and O–H groups in total. The van der Waals surface area contributed by atoms with E-state index in [-0.39, 0.29) is 16.6 Å². The molecule has 2 aromatic carbocycles. The Bertz CT molecular complexity index is 880. The quantitative estimate of drug-likeness (QED) is 0.627. The highest BCUT2D eigenvalue weighted by Crippen LogP contribution is 2.38. The Kier molecular flexibility index (Phi) is 4.38. The molecule has 1 saturated heterocycles. The molecule has 0 aromatic heterocycles. The fourth-order valence-electron chi connectivity index (χ4n) is 3.19. The predicted molar refractivity (Wildman–Crippen MR) is 90.1 cm³/mol. The Morgan fingerprint density at radius 1 is 1.17 bits per heavy atom. The van der Waals surface area contributed by atoms with Crippen LogP contribution in [0.5, 0.6) is 0 Å². The third-order valence-electron chi connectivity index (χ3n) is 4.28. The molecule has 1 aliphatic rings. The zero-order valence-electron chi connectivity index (χ0n) is 13.3. The van der Waals surface area contributed by atoms with Gasteiger partial charge in [-0.25, -0.2) is 8.42 Å². The maximum absolute atomic E-state index is 13.0. The molecule has 0 aliphatic carbocycles. The molecule has 1 fully saturated rings. The smallest absolute Gasteiger partial charge is 0.258 e. The third kappa shape index (κ3) is 2.92. The number of sulfonamides is 1. The maximum Gasteiger partial charge on any atom is 0.289 e. The molecule has 1 heterocycles. The average Bonchev–Trinajstić information content (AvgIpc) is 3.05. The Labute approximate surface area is 140 Å². The van der Waals surface area contributed by atoms with Gasteiger partial charge in [-0.15, -0.1) is 0 Å². The van der Waals surface area contributed by atoms with E-state index in [1.807, 2.05) is 31.2 Å². The number of aryl methyl sites for hydroxylation is 1. The molecule has 0 saturated carbocycles. The summed E-state index contributed by atoms with van der Waals surface area (Å²) in [4.78, 5) is 10.3. The van der Waals surface area contributed by atoms with Crippen molar-refractivity contribution in [2.45, 2.75) is 30.7 Å². The summed E-state index contributed by atoms with van der Waals surface area (Å²) in [7, 11) is -3.93. The fraction of sp³-hybridized carbons (Fsp3) is 0.294. The van der Waals surface area contributed by atoms with E-state index in [9.17, 15) is 18.5 Å². The normalized spacial score (nSPS) is 18.6. The topological polar surface area (TPSA) is 80.5 Å². The van der Waals surface area contributed by atoms with Gasteiger partial charge in [0.05, 0.1) is 11.0 Å². The van der Waals surface area contributed by atoms with Crippen LogP contribution in [0.2, 0.25) is 0 Å². The van der Waals surface area contributed by atoms with Crippen LogP contribution >= 0.6 is 0 Å². The van der Waals surface area contributed by atoms with Crippen molar-refractivity contribution in [1.82, 2.24) is 4.31 Å². The van der Waals surface area contributed by atoms with Gasteiger partial charge in [0.25, 0.3) is 5.69 Å². The van der Waals surface area contributed by atoms with Crippen LogP contribution in [0.15, 0.2) is 53.4 Å². The van der Waals surface area contributed by atoms with Gasteiger partial charge in [-0.05, 0) is 31.4 Å². The monoisotopic (exact) mass is 346 g/mol. The highest BCUT2D eigenvalue weighted by atomic mass is 32.2. The number of nitrogens with zero attached hydrogens (tertiary/aromatic N) is 2. The SMILES string of the molecule is Cc1cccc([C@H]2CCCN2S(=O)(=O)c2ccccc2[N+](=O)[O-])c1. The molecule has 1 aliphatic heterocycles. The zero-order valence-corrected chi connectivity index (χ0v) is 14.1. The standard InChI is InChI=1S/C17H18N2O4S/c1-13-6-4-7-14(12-13)15-9-5-11-18(15)24(22,23)17-10-3-2-8-16(17)19(20)21/h2-4,6-8,10,12,15H,5,9,11H2,1H3/t15-/m1/s1. The minimum atomic E-state index is -3.93. The van der Waals surface area contributed by atoms with Crippen molar-refractivity contribution in [1.29, 1.82) is 0 Å². The lowest BCUT2D eigenvalue weighted by Crippen LogP contribution is -2.31. The van der Waals surface area contributed by atoms with Crippen LogP contribution in [-0.2, 0) is 10.0 Å². The molecule has 0 spiro atoms. The lowest BCUT2D eigenvalue weighted by atomic mass is 10.0. The molecule has 0 amide bonds. The van der Waals surface area contributed by atoms with Crippen molar-refractivity contribution < 1.29 is 13.3 Å². The van der Waals surface area contributed by atoms with Crippen LogP contribution in [0, 0.1) is 17.0 Å². The van der Waals surface area contributed by atoms with Crippen LogP contribution in [0.1, 0.15) is 30.0 Å². The third-order valence-corrected chi connectivity index (χ3v) is 6.23. The van der Waals surface area contributed by atoms with Crippen molar-refractivity contribution in [3.63, 3.8) is 0 Å². The van der Waals surface area contributed by atoms with E-state index in [0.717, 1.165) is 17.5 Å². The van der Waals surface area contributed by atoms with E-state index < -0.39 is 14.9 Å². The van der Waals surface area contributed by atoms with Crippen LogP contribution in [-0.4, -0.2) is 24.2 Å². The first-order chi connectivity index (χ1) is 11.4. The average molecular weight is 346 g/mol. The van der Waals surface area contributed by atoms with Crippen LogP contribution < -0.4 is 0 Å². The Morgan fingerprint density at radius 3 is 2.62 bits per heavy atom. The summed E-state index contributed by atoms with van der Waals surface area (Å²) in [5, 5.41) is 11.2. The van der Waals surface area contributed by atoms with E-state index in [4.69, 9.17) is 0 Å². The summed E-state index contributed by atoms with van der Waals surface area (Å²) in [5.74, 6) is 0. The first kappa shape index (κ1) is 16.6. The van der Waals surface area contributed by atoms with E-state index in [2.05, 4.69) is 0 Å². The molecule has 0 unspecified atom stereocenters. The molecule has 6 nitrogen and oxygen atoms in total. The maximum atomic E-state index is 13.0. The van der Waals surface area contributed by atoms with Gasteiger partial charge in [-0.2, -0.15) is 4.31 Å². The molecule has 7 heteroatoms. The van der Waals surface area contributed by atoms with Gasteiger partial charge in [-0.1, -0.05) is 42.0 Å². The molecule has 126 valence electrons. The molecular weight excluding hydrogens is 328 g/mol. The van der Waals surface area contributed by atoms with Gasteiger partial charge < -0.3 is 0 Å². The van der Waals surface area contributed by atoms with Crippen LogP contribution in [0.4, 0.5) is 5.69 Å². The van der Waals surface area contributed by atoms with Crippen LogP contribution in [0.25, 0.3) is 0 Å². The lowest BCUT2D eigenvalue weighted by Gasteiger charge is -2.24. The van der Waals surface area contributed by atoms with Crippen LogP contribution in [0.3, 0.4) is 0 Å². The number of hydrogen-bond acceptors (Lipinski definition) is 4. The van der Waals surface area contributed by atoms with Crippen molar-refractivity contribution in [2.24, 2.45) is 0 Å². The molecule has 0 radical (unpaired) electrons. The van der Waals surface area contributed by atoms with Crippen molar-refractivity contribution in [3.05, 3.63) is 69.8 Å². The highest BCUT2D eigenvalue weighted by molar-refractivity contribution is 7.89. The Hall–Kier alpha value is -2.25. The predicted octanol–water partition coefficient (Wildman–Crippen LogP) is 3.43. The first-order valence-corrected chi connectivity index (χ1v) is 9.17. The second-order valence-corrected chi connectivity index (χ2v) is 7.77. The summed E-state index contributed by atoms with van der Waals surface area (Å²) < 4.78 is 27.5. The summed E-state index contributed by atoms with van der Waals surface area (Å²) in [5.41, 5.74) is 1.60. The second-order valence-electron chi connectivity index (χ2n) is 5.91. The number of rotatable bonds is 4. The number of nitro benzene ring substituents is 1. The van der Waals surface area contributed by atoms with E-state index in [1.165, 1.54) is 28.6 Å².